The molecule has 5 rings (SSSR count). The third-order valence-corrected chi connectivity index (χ3v) is 7.46. The van der Waals surface area contributed by atoms with Crippen LogP contribution in [-0.2, 0) is 11.3 Å². The van der Waals surface area contributed by atoms with Crippen LogP contribution >= 0.6 is 27.7 Å². The van der Waals surface area contributed by atoms with E-state index in [1.54, 1.807) is 48.5 Å². The molecule has 184 valence electrons. The van der Waals surface area contributed by atoms with Crippen LogP contribution in [0.5, 0.6) is 11.5 Å². The molecular formula is C29H20BrNO5S. The van der Waals surface area contributed by atoms with Crippen molar-refractivity contribution in [3.05, 3.63) is 111 Å². The minimum absolute atomic E-state index is 0.191. The molecule has 0 aliphatic carbocycles. The van der Waals surface area contributed by atoms with E-state index in [0.717, 1.165) is 28.1 Å². The van der Waals surface area contributed by atoms with Crippen LogP contribution in [0.2, 0.25) is 0 Å². The van der Waals surface area contributed by atoms with Crippen LogP contribution in [0.3, 0.4) is 0 Å². The van der Waals surface area contributed by atoms with E-state index >= 15 is 0 Å². The van der Waals surface area contributed by atoms with E-state index in [1.165, 1.54) is 12.0 Å². The highest BCUT2D eigenvalue weighted by molar-refractivity contribution is 9.10. The van der Waals surface area contributed by atoms with Gasteiger partial charge in [0.25, 0.3) is 11.1 Å². The Balaban J connectivity index is 1.36. The van der Waals surface area contributed by atoms with Gasteiger partial charge in [-0.2, -0.15) is 0 Å². The highest BCUT2D eigenvalue weighted by Gasteiger charge is 2.35. The number of ether oxygens (including phenoxy) is 2. The lowest BCUT2D eigenvalue weighted by Gasteiger charge is -2.14. The average Bonchev–Trinajstić information content (AvgIpc) is 3.17. The molecule has 8 heteroatoms. The summed E-state index contributed by atoms with van der Waals surface area (Å²) in [6.45, 7) is 0.191. The van der Waals surface area contributed by atoms with Gasteiger partial charge < -0.3 is 9.47 Å². The second-order valence-corrected chi connectivity index (χ2v) is 10.0. The van der Waals surface area contributed by atoms with Crippen molar-refractivity contribution in [3.63, 3.8) is 0 Å². The molecule has 4 aromatic carbocycles. The van der Waals surface area contributed by atoms with Crippen LogP contribution in [0, 0.1) is 0 Å². The summed E-state index contributed by atoms with van der Waals surface area (Å²) in [4.78, 5) is 40.0. The van der Waals surface area contributed by atoms with Gasteiger partial charge in [-0.15, -0.1) is 0 Å². The van der Waals surface area contributed by atoms with Gasteiger partial charge in [-0.05, 0) is 79.9 Å². The predicted octanol–water partition coefficient (Wildman–Crippen LogP) is 7.07. The van der Waals surface area contributed by atoms with Crippen LogP contribution in [0.25, 0.3) is 16.8 Å². The molecule has 0 radical (unpaired) electrons. The lowest BCUT2D eigenvalue weighted by Crippen LogP contribution is -2.27. The smallest absolute Gasteiger partial charge is 0.344 e. The zero-order valence-corrected chi connectivity index (χ0v) is 22.0. The van der Waals surface area contributed by atoms with E-state index < -0.39 is 5.97 Å². The number of rotatable bonds is 6. The van der Waals surface area contributed by atoms with Gasteiger partial charge in [-0.1, -0.05) is 60.7 Å². The second kappa shape index (κ2) is 10.6. The fourth-order valence-corrected chi connectivity index (χ4v) is 5.31. The number of hydrogen-bond donors (Lipinski definition) is 0. The van der Waals surface area contributed by atoms with Crippen LogP contribution in [0.1, 0.15) is 21.5 Å². The molecule has 1 aliphatic heterocycles. The van der Waals surface area contributed by atoms with Crippen molar-refractivity contribution in [2.75, 3.05) is 7.11 Å². The van der Waals surface area contributed by atoms with Gasteiger partial charge in [0.15, 0.2) is 11.5 Å². The van der Waals surface area contributed by atoms with Crippen molar-refractivity contribution >= 4 is 61.7 Å². The van der Waals surface area contributed by atoms with Crippen LogP contribution in [0.4, 0.5) is 4.79 Å². The Hall–Kier alpha value is -3.88. The number of amides is 2. The van der Waals surface area contributed by atoms with Crippen molar-refractivity contribution in [2.45, 2.75) is 6.54 Å². The molecule has 2 amide bonds. The molecular weight excluding hydrogens is 554 g/mol. The summed E-state index contributed by atoms with van der Waals surface area (Å²) in [7, 11) is 1.47. The Morgan fingerprint density at radius 3 is 2.51 bits per heavy atom. The number of carbonyl (C=O) groups excluding carboxylic acids is 3. The fraction of sp³-hybridized carbons (Fsp3) is 0.0690. The van der Waals surface area contributed by atoms with E-state index in [4.69, 9.17) is 9.47 Å². The van der Waals surface area contributed by atoms with Crippen LogP contribution in [0.15, 0.2) is 94.3 Å². The molecule has 1 fully saturated rings. The molecule has 0 spiro atoms. The second-order valence-electron chi connectivity index (χ2n) is 8.19. The summed E-state index contributed by atoms with van der Waals surface area (Å²) < 4.78 is 11.6. The van der Waals surface area contributed by atoms with E-state index in [1.807, 2.05) is 42.5 Å². The van der Waals surface area contributed by atoms with Crippen molar-refractivity contribution in [1.82, 2.24) is 4.90 Å². The largest absolute Gasteiger partial charge is 0.493 e. The lowest BCUT2D eigenvalue weighted by molar-refractivity contribution is -0.123. The van der Waals surface area contributed by atoms with Gasteiger partial charge in [0.2, 0.25) is 0 Å². The monoisotopic (exact) mass is 573 g/mol. The first-order valence-corrected chi connectivity index (χ1v) is 12.9. The molecule has 0 unspecified atom stereocenters. The van der Waals surface area contributed by atoms with Gasteiger partial charge in [0.05, 0.1) is 24.1 Å². The van der Waals surface area contributed by atoms with Crippen molar-refractivity contribution < 1.29 is 23.9 Å². The van der Waals surface area contributed by atoms with Crippen molar-refractivity contribution in [3.8, 4) is 11.5 Å². The van der Waals surface area contributed by atoms with E-state index in [9.17, 15) is 14.4 Å². The molecule has 0 saturated carbocycles. The maximum Gasteiger partial charge on any atom is 0.344 e. The quantitative estimate of drug-likeness (QED) is 0.139. The molecule has 37 heavy (non-hydrogen) atoms. The molecule has 0 aromatic heterocycles. The number of thioether (sulfide) groups is 1. The third kappa shape index (κ3) is 5.16. The number of fused-ring (bicyclic) bond motifs is 1. The van der Waals surface area contributed by atoms with E-state index in [0.29, 0.717) is 26.3 Å². The van der Waals surface area contributed by atoms with Crippen molar-refractivity contribution in [1.29, 1.82) is 0 Å². The van der Waals surface area contributed by atoms with Crippen molar-refractivity contribution in [2.24, 2.45) is 0 Å². The first-order chi connectivity index (χ1) is 17.9. The Morgan fingerprint density at radius 1 is 0.946 bits per heavy atom. The first-order valence-electron chi connectivity index (χ1n) is 11.3. The number of methoxy groups -OCH3 is 1. The Labute approximate surface area is 226 Å². The number of carbonyl (C=O) groups is 3. The Kier molecular flexibility index (Phi) is 7.12. The third-order valence-electron chi connectivity index (χ3n) is 5.86. The predicted molar refractivity (Wildman–Crippen MR) is 148 cm³/mol. The molecule has 4 aromatic rings. The minimum Gasteiger partial charge on any atom is -0.493 e. The number of benzene rings is 4. The van der Waals surface area contributed by atoms with E-state index in [2.05, 4.69) is 15.9 Å². The fourth-order valence-electron chi connectivity index (χ4n) is 4.03. The number of halogens is 1. The lowest BCUT2D eigenvalue weighted by atomic mass is 10.0. The molecule has 0 atom stereocenters. The summed E-state index contributed by atoms with van der Waals surface area (Å²) in [5, 5.41) is 1.73. The van der Waals surface area contributed by atoms with Gasteiger partial charge in [0.1, 0.15) is 0 Å². The SMILES string of the molecule is COc1cc(/C=C2\SC(=O)N(Cc3cccc4ccccc34)C2=O)ccc1OC(=O)c1ccccc1Br. The number of imide groups is 1. The number of esters is 1. The molecule has 1 saturated heterocycles. The summed E-state index contributed by atoms with van der Waals surface area (Å²) in [6.07, 6.45) is 1.63. The Bertz CT molecular complexity index is 1580. The number of hydrogen-bond acceptors (Lipinski definition) is 6. The highest BCUT2D eigenvalue weighted by atomic mass is 79.9. The number of nitrogens with zero attached hydrogens (tertiary/aromatic N) is 1. The molecule has 6 nitrogen and oxygen atoms in total. The molecule has 0 N–H and O–H groups in total. The van der Waals surface area contributed by atoms with Crippen LogP contribution in [-0.4, -0.2) is 29.1 Å². The first kappa shape index (κ1) is 24.8. The zero-order valence-electron chi connectivity index (χ0n) is 19.6. The highest BCUT2D eigenvalue weighted by Crippen LogP contribution is 2.36. The summed E-state index contributed by atoms with van der Waals surface area (Å²) >= 11 is 4.24. The Morgan fingerprint density at radius 2 is 1.70 bits per heavy atom. The maximum absolute atomic E-state index is 13.1. The zero-order chi connectivity index (χ0) is 25.9. The molecule has 0 bridgehead atoms. The average molecular weight is 574 g/mol. The molecule has 1 aliphatic rings. The van der Waals surface area contributed by atoms with Gasteiger partial charge >= 0.3 is 5.97 Å². The minimum atomic E-state index is -0.534. The normalized spacial score (nSPS) is 14.4. The van der Waals surface area contributed by atoms with Gasteiger partial charge in [0, 0.05) is 4.47 Å². The summed E-state index contributed by atoms with van der Waals surface area (Å²) in [5.74, 6) is -0.326. The molecule has 1 heterocycles. The summed E-state index contributed by atoms with van der Waals surface area (Å²) in [5.41, 5.74) is 1.92. The van der Waals surface area contributed by atoms with Gasteiger partial charge in [-0.25, -0.2) is 4.79 Å². The topological polar surface area (TPSA) is 72.9 Å². The van der Waals surface area contributed by atoms with E-state index in [-0.39, 0.29) is 23.4 Å². The maximum atomic E-state index is 13.1. The summed E-state index contributed by atoms with van der Waals surface area (Å²) in [6, 6.07) is 25.6. The van der Waals surface area contributed by atoms with Crippen LogP contribution < -0.4 is 9.47 Å². The standard InChI is InChI=1S/C29H20BrNO5S/c1-35-25-15-18(13-14-24(25)36-28(33)22-11-4-5-12-23(22)30)16-26-27(32)31(29(34)37-26)17-20-9-6-8-19-7-2-3-10-21(19)20/h2-16H,17H2,1H3/b26-16-. The van der Waals surface area contributed by atoms with Gasteiger partial charge in [-0.3, -0.25) is 14.5 Å².